The molecule has 1 heterocycles. The maximum Gasteiger partial charge on any atom is 0.191 e. The zero-order chi connectivity index (χ0) is 19.6. The molecule has 1 aromatic rings. The van der Waals surface area contributed by atoms with E-state index in [1.54, 1.807) is 7.05 Å². The van der Waals surface area contributed by atoms with Crippen LogP contribution in [0.5, 0.6) is 0 Å². The van der Waals surface area contributed by atoms with Crippen LogP contribution < -0.4 is 10.6 Å². The highest BCUT2D eigenvalue weighted by molar-refractivity contribution is 5.79. The molecule has 0 spiro atoms. The van der Waals surface area contributed by atoms with E-state index in [9.17, 15) is 5.11 Å². The highest BCUT2D eigenvalue weighted by Crippen LogP contribution is 2.14. The SMILES string of the molecule is CN=C(NCC(CO)c1ccccc1)NCC(C(C)C)N1CCN(C)CC1. The van der Waals surface area contributed by atoms with Gasteiger partial charge in [0.2, 0.25) is 0 Å². The summed E-state index contributed by atoms with van der Waals surface area (Å²) in [4.78, 5) is 9.34. The smallest absolute Gasteiger partial charge is 0.191 e. The van der Waals surface area contributed by atoms with Gasteiger partial charge < -0.3 is 20.6 Å². The second-order valence-electron chi connectivity index (χ2n) is 7.77. The third-order valence-electron chi connectivity index (χ3n) is 5.49. The molecule has 1 aromatic carbocycles. The first-order valence-electron chi connectivity index (χ1n) is 10.1. The Labute approximate surface area is 164 Å². The maximum absolute atomic E-state index is 9.74. The lowest BCUT2D eigenvalue weighted by Crippen LogP contribution is -2.55. The lowest BCUT2D eigenvalue weighted by atomic mass is 10.0. The van der Waals surface area contributed by atoms with Crippen molar-refractivity contribution in [1.29, 1.82) is 0 Å². The molecule has 1 aliphatic rings. The molecule has 0 aromatic heterocycles. The van der Waals surface area contributed by atoms with Crippen LogP contribution in [0.4, 0.5) is 0 Å². The van der Waals surface area contributed by atoms with Crippen molar-refractivity contribution < 1.29 is 5.11 Å². The molecule has 27 heavy (non-hydrogen) atoms. The van der Waals surface area contributed by atoms with Crippen LogP contribution >= 0.6 is 0 Å². The normalized spacial score (nSPS) is 19.1. The quantitative estimate of drug-likeness (QED) is 0.471. The number of piperazine rings is 1. The van der Waals surface area contributed by atoms with E-state index < -0.39 is 0 Å². The van der Waals surface area contributed by atoms with Crippen molar-refractivity contribution in [2.75, 3.05) is 60.0 Å². The Bertz CT molecular complexity index is 555. The molecule has 0 aliphatic carbocycles. The summed E-state index contributed by atoms with van der Waals surface area (Å²) >= 11 is 0. The predicted octanol–water partition coefficient (Wildman–Crippen LogP) is 1.20. The van der Waals surface area contributed by atoms with Crippen molar-refractivity contribution >= 4 is 5.96 Å². The largest absolute Gasteiger partial charge is 0.396 e. The van der Waals surface area contributed by atoms with E-state index in [0.717, 1.165) is 44.2 Å². The van der Waals surface area contributed by atoms with E-state index >= 15 is 0 Å². The average molecular weight is 376 g/mol. The van der Waals surface area contributed by atoms with Crippen LogP contribution in [0.15, 0.2) is 35.3 Å². The Kier molecular flexibility index (Phi) is 9.04. The van der Waals surface area contributed by atoms with Crippen molar-refractivity contribution in [2.45, 2.75) is 25.8 Å². The van der Waals surface area contributed by atoms with Gasteiger partial charge in [-0.05, 0) is 18.5 Å². The van der Waals surface area contributed by atoms with E-state index in [1.165, 1.54) is 0 Å². The van der Waals surface area contributed by atoms with E-state index in [1.807, 2.05) is 18.2 Å². The van der Waals surface area contributed by atoms with Crippen LogP contribution in [0.1, 0.15) is 25.3 Å². The van der Waals surface area contributed by atoms with Gasteiger partial charge >= 0.3 is 0 Å². The van der Waals surface area contributed by atoms with Crippen molar-refractivity contribution in [3.8, 4) is 0 Å². The topological polar surface area (TPSA) is 63.1 Å². The van der Waals surface area contributed by atoms with Gasteiger partial charge in [-0.15, -0.1) is 0 Å². The van der Waals surface area contributed by atoms with Crippen molar-refractivity contribution in [2.24, 2.45) is 10.9 Å². The zero-order valence-electron chi connectivity index (χ0n) is 17.4. The number of benzene rings is 1. The van der Waals surface area contributed by atoms with Crippen molar-refractivity contribution in [3.63, 3.8) is 0 Å². The van der Waals surface area contributed by atoms with Gasteiger partial charge in [-0.2, -0.15) is 0 Å². The number of guanidine groups is 1. The lowest BCUT2D eigenvalue weighted by molar-refractivity contribution is 0.0900. The summed E-state index contributed by atoms with van der Waals surface area (Å²) in [6.07, 6.45) is 0. The lowest BCUT2D eigenvalue weighted by Gasteiger charge is -2.40. The molecular weight excluding hydrogens is 338 g/mol. The van der Waals surface area contributed by atoms with Gasteiger partial charge in [0.1, 0.15) is 0 Å². The molecule has 3 N–H and O–H groups in total. The van der Waals surface area contributed by atoms with Gasteiger partial charge in [-0.25, -0.2) is 0 Å². The third-order valence-corrected chi connectivity index (χ3v) is 5.49. The summed E-state index contributed by atoms with van der Waals surface area (Å²) in [6.45, 7) is 10.7. The van der Waals surface area contributed by atoms with Crippen molar-refractivity contribution in [1.82, 2.24) is 20.4 Å². The van der Waals surface area contributed by atoms with E-state index in [2.05, 4.69) is 58.5 Å². The number of likely N-dealkylation sites (N-methyl/N-ethyl adjacent to an activating group) is 1. The molecule has 2 rings (SSSR count). The number of hydrogen-bond acceptors (Lipinski definition) is 4. The number of nitrogens with one attached hydrogen (secondary N) is 2. The molecule has 0 amide bonds. The van der Waals surface area contributed by atoms with E-state index in [4.69, 9.17) is 0 Å². The number of aliphatic imine (C=N–C) groups is 1. The molecule has 1 fully saturated rings. The summed E-state index contributed by atoms with van der Waals surface area (Å²) < 4.78 is 0. The van der Waals surface area contributed by atoms with Crippen LogP contribution in [0.25, 0.3) is 0 Å². The molecule has 6 heteroatoms. The molecule has 2 unspecified atom stereocenters. The summed E-state index contributed by atoms with van der Waals surface area (Å²) in [5.41, 5.74) is 1.14. The molecule has 0 bridgehead atoms. The monoisotopic (exact) mass is 375 g/mol. The minimum atomic E-state index is 0.0586. The molecule has 0 radical (unpaired) electrons. The average Bonchev–Trinajstić information content (AvgIpc) is 2.69. The summed E-state index contributed by atoms with van der Waals surface area (Å²) in [5, 5.41) is 16.6. The summed E-state index contributed by atoms with van der Waals surface area (Å²) in [5.74, 6) is 1.43. The standard InChI is InChI=1S/C21H37N5O/c1-17(2)20(26-12-10-25(4)11-13-26)15-24-21(22-3)23-14-19(16-27)18-8-6-5-7-9-18/h5-9,17,19-20,27H,10-16H2,1-4H3,(H2,22,23,24). The summed E-state index contributed by atoms with van der Waals surface area (Å²) in [7, 11) is 3.99. The van der Waals surface area contributed by atoms with E-state index in [0.29, 0.717) is 18.5 Å². The van der Waals surface area contributed by atoms with Crippen LogP contribution in [-0.2, 0) is 0 Å². The number of aliphatic hydroxyl groups excluding tert-OH is 1. The molecule has 2 atom stereocenters. The van der Waals surface area contributed by atoms with Crippen LogP contribution in [0.3, 0.4) is 0 Å². The van der Waals surface area contributed by atoms with Gasteiger partial charge in [0.15, 0.2) is 5.96 Å². The molecule has 6 nitrogen and oxygen atoms in total. The highest BCUT2D eigenvalue weighted by atomic mass is 16.3. The first-order valence-corrected chi connectivity index (χ1v) is 10.1. The van der Waals surface area contributed by atoms with Crippen molar-refractivity contribution in [3.05, 3.63) is 35.9 Å². The fraction of sp³-hybridized carbons (Fsp3) is 0.667. The van der Waals surface area contributed by atoms with E-state index in [-0.39, 0.29) is 12.5 Å². The minimum Gasteiger partial charge on any atom is -0.396 e. The molecular formula is C21H37N5O. The number of hydrogen-bond donors (Lipinski definition) is 3. The molecule has 0 saturated carbocycles. The minimum absolute atomic E-state index is 0.0586. The molecule has 1 aliphatic heterocycles. The van der Waals surface area contributed by atoms with Crippen LogP contribution in [0.2, 0.25) is 0 Å². The molecule has 152 valence electrons. The number of aliphatic hydroxyl groups is 1. The van der Waals surface area contributed by atoms with Crippen LogP contribution in [-0.4, -0.2) is 86.9 Å². The van der Waals surface area contributed by atoms with Crippen LogP contribution in [0, 0.1) is 5.92 Å². The predicted molar refractivity (Wildman–Crippen MR) is 113 cm³/mol. The number of rotatable bonds is 8. The Morgan fingerprint density at radius 2 is 1.70 bits per heavy atom. The molecule has 1 saturated heterocycles. The Morgan fingerprint density at radius 3 is 2.26 bits per heavy atom. The third kappa shape index (κ3) is 6.79. The maximum atomic E-state index is 9.74. The second kappa shape index (κ2) is 11.3. The van der Waals surface area contributed by atoms with Gasteiger partial charge in [0, 0.05) is 58.3 Å². The summed E-state index contributed by atoms with van der Waals surface area (Å²) in [6, 6.07) is 10.6. The number of nitrogens with zero attached hydrogens (tertiary/aromatic N) is 3. The highest BCUT2D eigenvalue weighted by Gasteiger charge is 2.25. The fourth-order valence-corrected chi connectivity index (χ4v) is 3.59. The Balaban J connectivity index is 1.86. The Morgan fingerprint density at radius 1 is 1.07 bits per heavy atom. The first kappa shape index (κ1) is 21.7. The Hall–Kier alpha value is -1.63. The second-order valence-corrected chi connectivity index (χ2v) is 7.77. The van der Waals surface area contributed by atoms with Gasteiger partial charge in [-0.1, -0.05) is 44.2 Å². The van der Waals surface area contributed by atoms with Gasteiger partial charge in [0.25, 0.3) is 0 Å². The first-order chi connectivity index (χ1) is 13.0. The zero-order valence-corrected chi connectivity index (χ0v) is 17.4. The van der Waals surface area contributed by atoms with Gasteiger partial charge in [0.05, 0.1) is 6.61 Å². The fourth-order valence-electron chi connectivity index (χ4n) is 3.59. The van der Waals surface area contributed by atoms with Gasteiger partial charge in [-0.3, -0.25) is 9.89 Å².